The average Bonchev–Trinajstić information content (AvgIpc) is 2.54. The van der Waals surface area contributed by atoms with Crippen LogP contribution in [-0.2, 0) is 16.4 Å². The monoisotopic (exact) mass is 319 g/mol. The van der Waals surface area contributed by atoms with E-state index in [1.807, 2.05) is 37.3 Å². The minimum Gasteiger partial charge on any atom is -0.236 e. The summed E-state index contributed by atoms with van der Waals surface area (Å²) >= 11 is 0. The second-order valence-electron chi connectivity index (χ2n) is 5.10. The number of aromatic nitrogens is 2. The van der Waals surface area contributed by atoms with E-state index in [1.54, 1.807) is 12.4 Å². The Labute approximate surface area is 131 Å². The van der Waals surface area contributed by atoms with Gasteiger partial charge in [0.1, 0.15) is 0 Å². The van der Waals surface area contributed by atoms with Crippen LogP contribution in [0.3, 0.4) is 0 Å². The standard InChI is InChI=1S/C16H21N3O2S/c1-2-3-11-22(20,21)19-10-9-14-12-17-16(18-13-14)15-7-5-4-6-8-15/h4-8,12-13,19H,2-3,9-11H2,1H3. The van der Waals surface area contributed by atoms with Crippen molar-refractivity contribution in [2.75, 3.05) is 12.3 Å². The Kier molecular flexibility index (Phi) is 6.03. The van der Waals surface area contributed by atoms with Crippen molar-refractivity contribution in [2.45, 2.75) is 26.2 Å². The van der Waals surface area contributed by atoms with E-state index >= 15 is 0 Å². The number of unbranched alkanes of at least 4 members (excludes halogenated alkanes) is 1. The van der Waals surface area contributed by atoms with Crippen LogP contribution in [0.4, 0.5) is 0 Å². The Morgan fingerprint density at radius 3 is 2.41 bits per heavy atom. The zero-order valence-electron chi connectivity index (χ0n) is 12.7. The molecule has 22 heavy (non-hydrogen) atoms. The highest BCUT2D eigenvalue weighted by Crippen LogP contribution is 2.13. The average molecular weight is 319 g/mol. The highest BCUT2D eigenvalue weighted by atomic mass is 32.2. The number of nitrogens with one attached hydrogen (secondary N) is 1. The van der Waals surface area contributed by atoms with Gasteiger partial charge < -0.3 is 0 Å². The van der Waals surface area contributed by atoms with E-state index in [-0.39, 0.29) is 5.75 Å². The highest BCUT2D eigenvalue weighted by molar-refractivity contribution is 7.89. The van der Waals surface area contributed by atoms with Gasteiger partial charge in [-0.1, -0.05) is 43.7 Å². The van der Waals surface area contributed by atoms with Gasteiger partial charge in [-0.05, 0) is 18.4 Å². The molecule has 0 atom stereocenters. The summed E-state index contributed by atoms with van der Waals surface area (Å²) < 4.78 is 26.0. The number of benzene rings is 1. The first kappa shape index (κ1) is 16.6. The number of sulfonamides is 1. The largest absolute Gasteiger partial charge is 0.236 e. The third-order valence-electron chi connectivity index (χ3n) is 3.24. The van der Waals surface area contributed by atoms with Crippen molar-refractivity contribution in [3.05, 3.63) is 48.3 Å². The molecule has 0 saturated heterocycles. The van der Waals surface area contributed by atoms with Gasteiger partial charge in [0.2, 0.25) is 10.0 Å². The molecule has 0 bridgehead atoms. The first-order valence-corrected chi connectivity index (χ1v) is 9.09. The predicted octanol–water partition coefficient (Wildman–Crippen LogP) is 2.41. The molecule has 2 rings (SSSR count). The lowest BCUT2D eigenvalue weighted by molar-refractivity contribution is 0.578. The van der Waals surface area contributed by atoms with Crippen LogP contribution in [0.25, 0.3) is 11.4 Å². The van der Waals surface area contributed by atoms with Gasteiger partial charge in [0.15, 0.2) is 5.82 Å². The molecule has 5 nitrogen and oxygen atoms in total. The number of hydrogen-bond donors (Lipinski definition) is 1. The van der Waals surface area contributed by atoms with Crippen LogP contribution in [-0.4, -0.2) is 30.7 Å². The molecule has 1 N–H and O–H groups in total. The lowest BCUT2D eigenvalue weighted by atomic mass is 10.2. The third kappa shape index (κ3) is 5.20. The molecule has 0 fully saturated rings. The molecule has 0 unspecified atom stereocenters. The lowest BCUT2D eigenvalue weighted by Crippen LogP contribution is -2.28. The third-order valence-corrected chi connectivity index (χ3v) is 4.71. The van der Waals surface area contributed by atoms with Crippen molar-refractivity contribution in [1.82, 2.24) is 14.7 Å². The zero-order valence-corrected chi connectivity index (χ0v) is 13.5. The van der Waals surface area contributed by atoms with Crippen LogP contribution in [0.1, 0.15) is 25.3 Å². The fourth-order valence-corrected chi connectivity index (χ4v) is 3.20. The van der Waals surface area contributed by atoms with Gasteiger partial charge in [0, 0.05) is 24.5 Å². The van der Waals surface area contributed by atoms with Gasteiger partial charge in [-0.3, -0.25) is 0 Å². The smallest absolute Gasteiger partial charge is 0.211 e. The maximum Gasteiger partial charge on any atom is 0.211 e. The molecule has 0 spiro atoms. The zero-order chi connectivity index (χ0) is 15.8. The van der Waals surface area contributed by atoms with E-state index in [0.717, 1.165) is 17.5 Å². The summed E-state index contributed by atoms with van der Waals surface area (Å²) in [5.41, 5.74) is 1.88. The summed E-state index contributed by atoms with van der Waals surface area (Å²) in [6.45, 7) is 2.35. The quantitative estimate of drug-likeness (QED) is 0.811. The Hall–Kier alpha value is -1.79. The van der Waals surface area contributed by atoms with Gasteiger partial charge in [-0.25, -0.2) is 23.1 Å². The first-order valence-electron chi connectivity index (χ1n) is 7.44. The topological polar surface area (TPSA) is 72.0 Å². The second kappa shape index (κ2) is 8.00. The van der Waals surface area contributed by atoms with Crippen LogP contribution in [0.2, 0.25) is 0 Å². The number of nitrogens with zero attached hydrogens (tertiary/aromatic N) is 2. The molecule has 1 aromatic heterocycles. The molecule has 0 radical (unpaired) electrons. The van der Waals surface area contributed by atoms with Crippen LogP contribution < -0.4 is 4.72 Å². The number of rotatable bonds is 8. The molecule has 6 heteroatoms. The van der Waals surface area contributed by atoms with Crippen LogP contribution in [0, 0.1) is 0 Å². The lowest BCUT2D eigenvalue weighted by Gasteiger charge is -2.06. The van der Waals surface area contributed by atoms with Crippen molar-refractivity contribution >= 4 is 10.0 Å². The van der Waals surface area contributed by atoms with Crippen molar-refractivity contribution < 1.29 is 8.42 Å². The molecule has 2 aromatic rings. The van der Waals surface area contributed by atoms with Gasteiger partial charge in [0.05, 0.1) is 5.75 Å². The van der Waals surface area contributed by atoms with Crippen LogP contribution in [0.15, 0.2) is 42.7 Å². The molecule has 0 aliphatic rings. The van der Waals surface area contributed by atoms with Gasteiger partial charge in [-0.15, -0.1) is 0 Å². The van der Waals surface area contributed by atoms with E-state index in [9.17, 15) is 8.42 Å². The summed E-state index contributed by atoms with van der Waals surface area (Å²) in [4.78, 5) is 8.65. The van der Waals surface area contributed by atoms with E-state index in [1.165, 1.54) is 0 Å². The van der Waals surface area contributed by atoms with Crippen molar-refractivity contribution in [1.29, 1.82) is 0 Å². The van der Waals surface area contributed by atoms with Crippen LogP contribution >= 0.6 is 0 Å². The molecule has 0 aliphatic carbocycles. The molecule has 1 aromatic carbocycles. The van der Waals surface area contributed by atoms with Crippen molar-refractivity contribution in [2.24, 2.45) is 0 Å². The summed E-state index contributed by atoms with van der Waals surface area (Å²) in [6.07, 6.45) is 5.63. The molecular formula is C16H21N3O2S. The summed E-state index contributed by atoms with van der Waals surface area (Å²) in [6, 6.07) is 9.74. The Bertz CT molecular complexity index is 670. The van der Waals surface area contributed by atoms with Gasteiger partial charge >= 0.3 is 0 Å². The second-order valence-corrected chi connectivity index (χ2v) is 7.02. The molecule has 0 amide bonds. The summed E-state index contributed by atoms with van der Waals surface area (Å²) in [5, 5.41) is 0. The molecular weight excluding hydrogens is 298 g/mol. The molecule has 0 saturated carbocycles. The van der Waals surface area contributed by atoms with Crippen LogP contribution in [0.5, 0.6) is 0 Å². The van der Waals surface area contributed by atoms with E-state index in [0.29, 0.717) is 25.2 Å². The maximum atomic E-state index is 11.7. The molecule has 118 valence electrons. The Morgan fingerprint density at radius 1 is 1.09 bits per heavy atom. The van der Waals surface area contributed by atoms with Gasteiger partial charge in [-0.2, -0.15) is 0 Å². The fraction of sp³-hybridized carbons (Fsp3) is 0.375. The molecule has 0 aliphatic heterocycles. The van der Waals surface area contributed by atoms with E-state index in [2.05, 4.69) is 14.7 Å². The normalized spacial score (nSPS) is 11.5. The summed E-state index contributed by atoms with van der Waals surface area (Å²) in [7, 11) is -3.16. The van der Waals surface area contributed by atoms with E-state index in [4.69, 9.17) is 0 Å². The predicted molar refractivity (Wildman–Crippen MR) is 87.9 cm³/mol. The van der Waals surface area contributed by atoms with Gasteiger partial charge in [0.25, 0.3) is 0 Å². The summed E-state index contributed by atoms with van der Waals surface area (Å²) in [5.74, 6) is 0.861. The fourth-order valence-electron chi connectivity index (χ4n) is 1.98. The van der Waals surface area contributed by atoms with E-state index < -0.39 is 10.0 Å². The van der Waals surface area contributed by atoms with Crippen molar-refractivity contribution in [3.63, 3.8) is 0 Å². The number of hydrogen-bond acceptors (Lipinski definition) is 4. The van der Waals surface area contributed by atoms with Crippen molar-refractivity contribution in [3.8, 4) is 11.4 Å². The highest BCUT2D eigenvalue weighted by Gasteiger charge is 2.08. The maximum absolute atomic E-state index is 11.7. The SMILES string of the molecule is CCCCS(=O)(=O)NCCc1cnc(-c2ccccc2)nc1. The Balaban J connectivity index is 1.87. The minimum atomic E-state index is -3.16. The molecule has 1 heterocycles. The Morgan fingerprint density at radius 2 is 1.77 bits per heavy atom. The minimum absolute atomic E-state index is 0.187. The first-order chi connectivity index (χ1) is 10.6.